The van der Waals surface area contributed by atoms with Gasteiger partial charge in [0.1, 0.15) is 24.8 Å². The van der Waals surface area contributed by atoms with Crippen molar-refractivity contribution in [2.24, 2.45) is 5.92 Å². The lowest BCUT2D eigenvalue weighted by Crippen LogP contribution is -2.38. The Balaban J connectivity index is 1.42. The summed E-state index contributed by atoms with van der Waals surface area (Å²) in [6.07, 6.45) is 1.32. The molecule has 2 aromatic rings. The number of ketones is 1. The number of carbonyl (C=O) groups is 1. The molecule has 2 aliphatic rings. The maximum Gasteiger partial charge on any atom is 0.166 e. The Labute approximate surface area is 163 Å². The normalized spacial score (nSPS) is 18.7. The van der Waals surface area contributed by atoms with Gasteiger partial charge in [-0.05, 0) is 63.2 Å². The van der Waals surface area contributed by atoms with Crippen molar-refractivity contribution in [2.75, 3.05) is 26.3 Å². The molecule has 1 unspecified atom stereocenters. The average Bonchev–Trinajstić information content (AvgIpc) is 2.73. The van der Waals surface area contributed by atoms with Crippen LogP contribution in [-0.4, -0.2) is 37.0 Å². The smallest absolute Gasteiger partial charge is 0.166 e. The van der Waals surface area contributed by atoms with E-state index in [1.165, 1.54) is 18.2 Å². The van der Waals surface area contributed by atoms with E-state index < -0.39 is 11.6 Å². The molecular weight excluding hydrogens is 364 g/mol. The first kappa shape index (κ1) is 18.9. The van der Waals surface area contributed by atoms with Gasteiger partial charge < -0.3 is 9.47 Å². The van der Waals surface area contributed by atoms with Crippen molar-refractivity contribution in [3.63, 3.8) is 0 Å². The molecule has 0 aromatic heterocycles. The molecule has 4 nitrogen and oxygen atoms in total. The van der Waals surface area contributed by atoms with Crippen LogP contribution in [0.15, 0.2) is 36.4 Å². The zero-order valence-electron chi connectivity index (χ0n) is 15.8. The van der Waals surface area contributed by atoms with E-state index in [-0.39, 0.29) is 23.3 Å². The molecule has 0 saturated carbocycles. The van der Waals surface area contributed by atoms with Gasteiger partial charge in [-0.15, -0.1) is 0 Å². The summed E-state index contributed by atoms with van der Waals surface area (Å²) in [5, 5.41) is 0. The Bertz CT molecular complexity index is 858. The number of piperidine rings is 1. The maximum atomic E-state index is 14.1. The average molecular weight is 387 g/mol. The van der Waals surface area contributed by atoms with Crippen molar-refractivity contribution in [3.8, 4) is 11.5 Å². The highest BCUT2D eigenvalue weighted by atomic mass is 19.1. The summed E-state index contributed by atoms with van der Waals surface area (Å²) in [6, 6.07) is 8.88. The van der Waals surface area contributed by atoms with Crippen molar-refractivity contribution in [1.82, 2.24) is 4.90 Å². The third kappa shape index (κ3) is 3.61. The predicted octanol–water partition coefficient (Wildman–Crippen LogP) is 4.39. The molecule has 0 radical (unpaired) electrons. The zero-order chi connectivity index (χ0) is 19.7. The van der Waals surface area contributed by atoms with Gasteiger partial charge in [0.25, 0.3) is 0 Å². The van der Waals surface area contributed by atoms with Crippen LogP contribution < -0.4 is 9.47 Å². The molecule has 0 spiro atoms. The first-order valence-corrected chi connectivity index (χ1v) is 9.66. The third-order valence-corrected chi connectivity index (χ3v) is 5.69. The molecule has 1 atom stereocenters. The van der Waals surface area contributed by atoms with Crippen molar-refractivity contribution in [2.45, 2.75) is 25.8 Å². The number of fused-ring (bicyclic) bond motifs is 1. The van der Waals surface area contributed by atoms with Crippen LogP contribution >= 0.6 is 0 Å². The standard InChI is InChI=1S/C22H23F2NO3/c1-14(21-17(23)3-2-4-18(21)24)25-9-7-15(8-10-25)22(26)16-5-6-19-20(13-16)28-12-11-27-19/h2-6,13-15H,7-12H2,1H3. The van der Waals surface area contributed by atoms with Crippen LogP contribution in [0, 0.1) is 17.6 Å². The molecule has 148 valence electrons. The van der Waals surface area contributed by atoms with Crippen LogP contribution in [-0.2, 0) is 0 Å². The summed E-state index contributed by atoms with van der Waals surface area (Å²) < 4.78 is 39.2. The van der Waals surface area contributed by atoms with Crippen LogP contribution in [0.4, 0.5) is 8.78 Å². The van der Waals surface area contributed by atoms with Gasteiger partial charge in [-0.2, -0.15) is 0 Å². The molecule has 0 bridgehead atoms. The minimum absolute atomic E-state index is 0.0846. The van der Waals surface area contributed by atoms with E-state index in [2.05, 4.69) is 0 Å². The fourth-order valence-electron chi connectivity index (χ4n) is 4.07. The second-order valence-corrected chi connectivity index (χ2v) is 7.34. The highest BCUT2D eigenvalue weighted by molar-refractivity contribution is 5.98. The van der Waals surface area contributed by atoms with Crippen molar-refractivity contribution >= 4 is 5.78 Å². The first-order valence-electron chi connectivity index (χ1n) is 9.66. The Hall–Kier alpha value is -2.47. The van der Waals surface area contributed by atoms with E-state index >= 15 is 0 Å². The molecule has 2 aliphatic heterocycles. The number of rotatable bonds is 4. The van der Waals surface area contributed by atoms with Crippen LogP contribution in [0.3, 0.4) is 0 Å². The summed E-state index contributed by atoms with van der Waals surface area (Å²) in [6.45, 7) is 4.04. The zero-order valence-corrected chi connectivity index (χ0v) is 15.8. The lowest BCUT2D eigenvalue weighted by atomic mass is 9.87. The topological polar surface area (TPSA) is 38.8 Å². The Morgan fingerprint density at radius 1 is 1.04 bits per heavy atom. The second-order valence-electron chi connectivity index (χ2n) is 7.34. The van der Waals surface area contributed by atoms with Crippen LogP contribution in [0.25, 0.3) is 0 Å². The predicted molar refractivity (Wildman–Crippen MR) is 101 cm³/mol. The lowest BCUT2D eigenvalue weighted by Gasteiger charge is -2.36. The fourth-order valence-corrected chi connectivity index (χ4v) is 4.07. The lowest BCUT2D eigenvalue weighted by molar-refractivity contribution is 0.0795. The molecule has 28 heavy (non-hydrogen) atoms. The van der Waals surface area contributed by atoms with Gasteiger partial charge in [0.05, 0.1) is 0 Å². The van der Waals surface area contributed by atoms with E-state index in [1.54, 1.807) is 18.2 Å². The van der Waals surface area contributed by atoms with E-state index in [1.807, 2.05) is 11.8 Å². The number of carbonyl (C=O) groups excluding carboxylic acids is 1. The first-order chi connectivity index (χ1) is 13.5. The highest BCUT2D eigenvalue weighted by Crippen LogP contribution is 2.34. The monoisotopic (exact) mass is 387 g/mol. The van der Waals surface area contributed by atoms with Crippen molar-refractivity contribution in [1.29, 1.82) is 0 Å². The van der Waals surface area contributed by atoms with Gasteiger partial charge in [0, 0.05) is 23.1 Å². The number of Topliss-reactive ketones (excluding diaryl/α,β-unsaturated/α-hetero) is 1. The molecule has 0 N–H and O–H groups in total. The minimum Gasteiger partial charge on any atom is -0.486 e. The summed E-state index contributed by atoms with van der Waals surface area (Å²) in [5.74, 6) is 0.207. The number of likely N-dealkylation sites (tertiary alicyclic amines) is 1. The van der Waals surface area contributed by atoms with Crippen molar-refractivity contribution < 1.29 is 23.0 Å². The van der Waals surface area contributed by atoms with Gasteiger partial charge >= 0.3 is 0 Å². The van der Waals surface area contributed by atoms with Crippen molar-refractivity contribution in [3.05, 3.63) is 59.2 Å². The maximum absolute atomic E-state index is 14.1. The van der Waals surface area contributed by atoms with Crippen LogP contribution in [0.5, 0.6) is 11.5 Å². The SMILES string of the molecule is CC(c1c(F)cccc1F)N1CCC(C(=O)c2ccc3c(c2)OCCO3)CC1. The molecule has 0 aliphatic carbocycles. The van der Waals surface area contributed by atoms with Gasteiger partial charge in [-0.3, -0.25) is 9.69 Å². The van der Waals surface area contributed by atoms with Gasteiger partial charge in [-0.1, -0.05) is 6.07 Å². The summed E-state index contributed by atoms with van der Waals surface area (Å²) in [5.41, 5.74) is 0.718. The summed E-state index contributed by atoms with van der Waals surface area (Å²) in [7, 11) is 0. The third-order valence-electron chi connectivity index (χ3n) is 5.69. The number of nitrogens with zero attached hydrogens (tertiary/aromatic N) is 1. The molecular formula is C22H23F2NO3. The minimum atomic E-state index is -0.526. The Kier molecular flexibility index (Phi) is 5.31. The number of hydrogen-bond donors (Lipinski definition) is 0. The summed E-state index contributed by atoms with van der Waals surface area (Å²) >= 11 is 0. The highest BCUT2D eigenvalue weighted by Gasteiger charge is 2.30. The van der Waals surface area contributed by atoms with Gasteiger partial charge in [-0.25, -0.2) is 8.78 Å². The number of benzene rings is 2. The van der Waals surface area contributed by atoms with E-state index in [0.29, 0.717) is 56.2 Å². The molecule has 1 saturated heterocycles. The Morgan fingerprint density at radius 3 is 2.36 bits per heavy atom. The molecule has 1 fully saturated rings. The molecule has 4 rings (SSSR count). The quantitative estimate of drug-likeness (QED) is 0.730. The number of ether oxygens (including phenoxy) is 2. The second kappa shape index (κ2) is 7.87. The Morgan fingerprint density at radius 2 is 1.68 bits per heavy atom. The van der Waals surface area contributed by atoms with Crippen LogP contribution in [0.2, 0.25) is 0 Å². The molecule has 2 aromatic carbocycles. The molecule has 2 heterocycles. The van der Waals surface area contributed by atoms with Gasteiger partial charge in [0.15, 0.2) is 17.3 Å². The van der Waals surface area contributed by atoms with E-state index in [9.17, 15) is 13.6 Å². The van der Waals surface area contributed by atoms with Gasteiger partial charge in [0.2, 0.25) is 0 Å². The number of hydrogen-bond acceptors (Lipinski definition) is 4. The number of halogens is 2. The summed E-state index contributed by atoms with van der Waals surface area (Å²) in [4.78, 5) is 14.9. The fraction of sp³-hybridized carbons (Fsp3) is 0.409. The van der Waals surface area contributed by atoms with Crippen LogP contribution in [0.1, 0.15) is 41.7 Å². The van der Waals surface area contributed by atoms with E-state index in [4.69, 9.17) is 9.47 Å². The molecule has 0 amide bonds. The largest absolute Gasteiger partial charge is 0.486 e. The van der Waals surface area contributed by atoms with E-state index in [0.717, 1.165) is 0 Å². The molecule has 6 heteroatoms.